The maximum atomic E-state index is 12.4. The lowest BCUT2D eigenvalue weighted by molar-refractivity contribution is 0.0948. The van der Waals surface area contributed by atoms with E-state index in [0.29, 0.717) is 11.5 Å². The van der Waals surface area contributed by atoms with Crippen LogP contribution in [0.1, 0.15) is 22.3 Å². The minimum Gasteiger partial charge on any atom is -0.387 e. The van der Waals surface area contributed by atoms with Crippen LogP contribution in [-0.2, 0) is 6.54 Å². The van der Waals surface area contributed by atoms with Crippen LogP contribution in [0.15, 0.2) is 48.8 Å². The summed E-state index contributed by atoms with van der Waals surface area (Å²) < 4.78 is 0. The summed E-state index contributed by atoms with van der Waals surface area (Å²) in [6, 6.07) is 11.7. The van der Waals surface area contributed by atoms with Gasteiger partial charge in [0, 0.05) is 44.8 Å². The minimum atomic E-state index is -0.00865. The van der Waals surface area contributed by atoms with Crippen molar-refractivity contribution in [2.24, 2.45) is 5.92 Å². The van der Waals surface area contributed by atoms with E-state index in [0.717, 1.165) is 38.3 Å². The quantitative estimate of drug-likeness (QED) is 0.856. The van der Waals surface area contributed by atoms with E-state index in [2.05, 4.69) is 26.6 Å². The van der Waals surface area contributed by atoms with Gasteiger partial charge < -0.3 is 10.6 Å². The maximum absolute atomic E-state index is 12.4. The zero-order chi connectivity index (χ0) is 16.8. The third kappa shape index (κ3) is 4.11. The molecule has 5 heteroatoms. The van der Waals surface area contributed by atoms with E-state index in [1.807, 2.05) is 43.6 Å². The van der Waals surface area contributed by atoms with Gasteiger partial charge in [-0.15, -0.1) is 0 Å². The maximum Gasteiger partial charge on any atom is 0.253 e. The van der Waals surface area contributed by atoms with Crippen molar-refractivity contribution < 1.29 is 4.79 Å². The Balaban J connectivity index is 1.48. The molecule has 0 bridgehead atoms. The average molecular weight is 324 g/mol. The first kappa shape index (κ1) is 16.5. The number of hydrogen-bond acceptors (Lipinski definition) is 4. The SMILES string of the molecule is CNc1ccccc1C(=O)NC[C@@H]1CCN(Cc2cccnc2)C1. The van der Waals surface area contributed by atoms with E-state index in [1.165, 1.54) is 5.56 Å². The second-order valence-corrected chi connectivity index (χ2v) is 6.26. The van der Waals surface area contributed by atoms with Crippen LogP contribution in [0, 0.1) is 5.92 Å². The first-order valence-electron chi connectivity index (χ1n) is 8.42. The number of nitrogens with zero attached hydrogens (tertiary/aromatic N) is 2. The van der Waals surface area contributed by atoms with Crippen molar-refractivity contribution in [1.82, 2.24) is 15.2 Å². The molecule has 2 aromatic rings. The molecule has 1 fully saturated rings. The molecule has 126 valence electrons. The number of anilines is 1. The zero-order valence-corrected chi connectivity index (χ0v) is 14.0. The zero-order valence-electron chi connectivity index (χ0n) is 14.0. The first-order valence-corrected chi connectivity index (χ1v) is 8.42. The fourth-order valence-corrected chi connectivity index (χ4v) is 3.20. The summed E-state index contributed by atoms with van der Waals surface area (Å²) in [4.78, 5) is 19.0. The number of pyridine rings is 1. The molecular weight excluding hydrogens is 300 g/mol. The second-order valence-electron chi connectivity index (χ2n) is 6.26. The van der Waals surface area contributed by atoms with Gasteiger partial charge in [0.05, 0.1) is 5.56 Å². The highest BCUT2D eigenvalue weighted by atomic mass is 16.1. The van der Waals surface area contributed by atoms with Gasteiger partial charge in [0.2, 0.25) is 0 Å². The summed E-state index contributed by atoms with van der Waals surface area (Å²) in [5.41, 5.74) is 2.80. The van der Waals surface area contributed by atoms with Gasteiger partial charge in [-0.2, -0.15) is 0 Å². The Bertz CT molecular complexity index is 674. The van der Waals surface area contributed by atoms with Crippen molar-refractivity contribution in [2.45, 2.75) is 13.0 Å². The average Bonchev–Trinajstić information content (AvgIpc) is 3.08. The number of benzene rings is 1. The van der Waals surface area contributed by atoms with Crippen LogP contribution >= 0.6 is 0 Å². The van der Waals surface area contributed by atoms with Gasteiger partial charge in [-0.25, -0.2) is 0 Å². The lowest BCUT2D eigenvalue weighted by atomic mass is 10.1. The van der Waals surface area contributed by atoms with E-state index < -0.39 is 0 Å². The fraction of sp³-hybridized carbons (Fsp3) is 0.368. The van der Waals surface area contributed by atoms with Crippen LogP contribution < -0.4 is 10.6 Å². The van der Waals surface area contributed by atoms with E-state index in [-0.39, 0.29) is 5.91 Å². The van der Waals surface area contributed by atoms with Crippen molar-refractivity contribution in [1.29, 1.82) is 0 Å². The monoisotopic (exact) mass is 324 g/mol. The summed E-state index contributed by atoms with van der Waals surface area (Å²) in [6.07, 6.45) is 4.84. The van der Waals surface area contributed by atoms with Crippen LogP contribution in [0.3, 0.4) is 0 Å². The number of para-hydroxylation sites is 1. The van der Waals surface area contributed by atoms with Crippen LogP contribution in [0.25, 0.3) is 0 Å². The van der Waals surface area contributed by atoms with E-state index in [4.69, 9.17) is 0 Å². The summed E-state index contributed by atoms with van der Waals surface area (Å²) >= 11 is 0. The molecule has 1 aromatic carbocycles. The highest BCUT2D eigenvalue weighted by Crippen LogP contribution is 2.19. The van der Waals surface area contributed by atoms with Gasteiger partial charge in [0.15, 0.2) is 0 Å². The summed E-state index contributed by atoms with van der Waals surface area (Å²) in [5.74, 6) is 0.498. The topological polar surface area (TPSA) is 57.3 Å². The molecule has 1 aliphatic heterocycles. The molecule has 5 nitrogen and oxygen atoms in total. The Labute approximate surface area is 143 Å². The molecule has 0 spiro atoms. The molecule has 2 N–H and O–H groups in total. The van der Waals surface area contributed by atoms with Gasteiger partial charge in [-0.3, -0.25) is 14.7 Å². The van der Waals surface area contributed by atoms with Gasteiger partial charge in [-0.05, 0) is 42.6 Å². The van der Waals surface area contributed by atoms with Gasteiger partial charge >= 0.3 is 0 Å². The molecule has 2 heterocycles. The number of rotatable bonds is 6. The lowest BCUT2D eigenvalue weighted by Crippen LogP contribution is -2.31. The minimum absolute atomic E-state index is 0.00865. The third-order valence-electron chi connectivity index (χ3n) is 4.49. The van der Waals surface area contributed by atoms with Crippen molar-refractivity contribution in [2.75, 3.05) is 32.0 Å². The van der Waals surface area contributed by atoms with Crippen LogP contribution in [0.2, 0.25) is 0 Å². The molecule has 1 atom stereocenters. The van der Waals surface area contributed by atoms with E-state index in [1.54, 1.807) is 6.20 Å². The Hall–Kier alpha value is -2.40. The number of carbonyl (C=O) groups is 1. The predicted molar refractivity (Wildman–Crippen MR) is 95.9 cm³/mol. The van der Waals surface area contributed by atoms with Crippen LogP contribution in [0.5, 0.6) is 0 Å². The summed E-state index contributed by atoms with van der Waals surface area (Å²) in [7, 11) is 1.83. The predicted octanol–water partition coefficient (Wildman–Crippen LogP) is 2.38. The molecule has 0 radical (unpaired) electrons. The molecule has 24 heavy (non-hydrogen) atoms. The smallest absolute Gasteiger partial charge is 0.253 e. The van der Waals surface area contributed by atoms with Gasteiger partial charge in [0.1, 0.15) is 0 Å². The molecule has 1 amide bonds. The largest absolute Gasteiger partial charge is 0.387 e. The highest BCUT2D eigenvalue weighted by molar-refractivity contribution is 5.99. The molecule has 1 saturated heterocycles. The number of nitrogens with one attached hydrogen (secondary N) is 2. The number of likely N-dealkylation sites (tertiary alicyclic amines) is 1. The molecule has 1 aliphatic rings. The molecule has 0 saturated carbocycles. The second kappa shape index (κ2) is 7.93. The Morgan fingerprint density at radius 3 is 2.96 bits per heavy atom. The van der Waals surface area contributed by atoms with Crippen molar-refractivity contribution in [3.8, 4) is 0 Å². The van der Waals surface area contributed by atoms with E-state index >= 15 is 0 Å². The first-order chi connectivity index (χ1) is 11.8. The van der Waals surface area contributed by atoms with Gasteiger partial charge in [0.25, 0.3) is 5.91 Å². The highest BCUT2D eigenvalue weighted by Gasteiger charge is 2.23. The van der Waals surface area contributed by atoms with Crippen molar-refractivity contribution >= 4 is 11.6 Å². The Morgan fingerprint density at radius 1 is 1.29 bits per heavy atom. The third-order valence-corrected chi connectivity index (χ3v) is 4.49. The Morgan fingerprint density at radius 2 is 2.17 bits per heavy atom. The molecular formula is C19H24N4O. The number of carbonyl (C=O) groups excluding carboxylic acids is 1. The molecule has 3 rings (SSSR count). The molecule has 0 aliphatic carbocycles. The summed E-state index contributed by atoms with van der Waals surface area (Å²) in [5, 5.41) is 6.15. The number of amides is 1. The van der Waals surface area contributed by atoms with Gasteiger partial charge in [-0.1, -0.05) is 18.2 Å². The summed E-state index contributed by atoms with van der Waals surface area (Å²) in [6.45, 7) is 3.74. The van der Waals surface area contributed by atoms with Crippen LogP contribution in [0.4, 0.5) is 5.69 Å². The van der Waals surface area contributed by atoms with E-state index in [9.17, 15) is 4.79 Å². The number of hydrogen-bond donors (Lipinski definition) is 2. The molecule has 0 unspecified atom stereocenters. The van der Waals surface area contributed by atoms with Crippen molar-refractivity contribution in [3.05, 3.63) is 59.9 Å². The fourth-order valence-electron chi connectivity index (χ4n) is 3.20. The normalized spacial score (nSPS) is 17.6. The van der Waals surface area contributed by atoms with Crippen LogP contribution in [-0.4, -0.2) is 42.5 Å². The number of aromatic nitrogens is 1. The standard InChI is InChI=1S/C19H24N4O/c1-20-18-7-3-2-6-17(18)19(24)22-12-16-8-10-23(14-16)13-15-5-4-9-21-11-15/h2-7,9,11,16,20H,8,10,12-14H2,1H3,(H,22,24)/t16-/m0/s1. The molecule has 1 aromatic heterocycles. The Kier molecular flexibility index (Phi) is 5.43. The lowest BCUT2D eigenvalue weighted by Gasteiger charge is -2.16. The van der Waals surface area contributed by atoms with Crippen molar-refractivity contribution in [3.63, 3.8) is 0 Å².